The van der Waals surface area contributed by atoms with E-state index in [9.17, 15) is 14.0 Å². The van der Waals surface area contributed by atoms with Gasteiger partial charge in [-0.25, -0.2) is 4.39 Å². The number of rotatable bonds is 4. The summed E-state index contributed by atoms with van der Waals surface area (Å²) in [6.45, 7) is 0. The molecule has 0 amide bonds. The summed E-state index contributed by atoms with van der Waals surface area (Å²) in [6, 6.07) is 4.76. The Labute approximate surface area is 85.0 Å². The van der Waals surface area contributed by atoms with Gasteiger partial charge in [-0.1, -0.05) is 12.1 Å². The zero-order chi connectivity index (χ0) is 11.4. The molecule has 1 aromatic rings. The Morgan fingerprint density at radius 3 is 2.13 bits per heavy atom. The highest BCUT2D eigenvalue weighted by Crippen LogP contribution is 2.20. The number of aliphatic carboxylic acids is 2. The minimum absolute atomic E-state index is 0.284. The van der Waals surface area contributed by atoms with Crippen LogP contribution in [-0.4, -0.2) is 22.2 Å². The predicted molar refractivity (Wildman–Crippen MR) is 49.0 cm³/mol. The lowest BCUT2D eigenvalue weighted by molar-refractivity contribution is -0.145. The van der Waals surface area contributed by atoms with Crippen LogP contribution in [0.15, 0.2) is 24.3 Å². The summed E-state index contributed by atoms with van der Waals surface area (Å²) in [5.74, 6) is -4.06. The van der Waals surface area contributed by atoms with Gasteiger partial charge in [0.25, 0.3) is 0 Å². The number of carboxylic acids is 2. The van der Waals surface area contributed by atoms with Crippen LogP contribution < -0.4 is 0 Å². The van der Waals surface area contributed by atoms with Gasteiger partial charge < -0.3 is 10.2 Å². The van der Waals surface area contributed by atoms with Gasteiger partial charge in [0.2, 0.25) is 0 Å². The van der Waals surface area contributed by atoms with E-state index in [1.807, 2.05) is 0 Å². The van der Waals surface area contributed by atoms with E-state index in [2.05, 4.69) is 0 Å². The zero-order valence-electron chi connectivity index (χ0n) is 7.68. The smallest absolute Gasteiger partial charge is 0.311 e. The quantitative estimate of drug-likeness (QED) is 0.792. The monoisotopic (exact) mass is 212 g/mol. The molecule has 5 heteroatoms. The Hall–Kier alpha value is -1.91. The average molecular weight is 212 g/mol. The van der Waals surface area contributed by atoms with E-state index < -0.39 is 30.1 Å². The molecule has 0 aliphatic heterocycles. The molecule has 0 spiro atoms. The second kappa shape index (κ2) is 4.54. The fourth-order valence-corrected chi connectivity index (χ4v) is 1.22. The summed E-state index contributed by atoms with van der Waals surface area (Å²) >= 11 is 0. The highest BCUT2D eigenvalue weighted by atomic mass is 19.1. The molecule has 0 radical (unpaired) electrons. The highest BCUT2D eigenvalue weighted by molar-refractivity contribution is 5.82. The van der Waals surface area contributed by atoms with E-state index in [1.165, 1.54) is 12.1 Å². The van der Waals surface area contributed by atoms with Gasteiger partial charge in [0, 0.05) is 0 Å². The molecule has 0 bridgehead atoms. The van der Waals surface area contributed by atoms with Gasteiger partial charge >= 0.3 is 11.9 Å². The molecule has 1 unspecified atom stereocenters. The second-order valence-corrected chi connectivity index (χ2v) is 3.04. The molecule has 1 atom stereocenters. The molecular formula is C10H9FO4. The first kappa shape index (κ1) is 11.2. The van der Waals surface area contributed by atoms with Crippen LogP contribution in [0.25, 0.3) is 0 Å². The first-order chi connectivity index (χ1) is 7.00. The van der Waals surface area contributed by atoms with E-state index in [0.717, 1.165) is 12.1 Å². The number of benzene rings is 1. The van der Waals surface area contributed by atoms with Crippen molar-refractivity contribution in [1.82, 2.24) is 0 Å². The summed E-state index contributed by atoms with van der Waals surface area (Å²) in [6.07, 6.45) is -0.513. The van der Waals surface area contributed by atoms with Crippen LogP contribution in [0.3, 0.4) is 0 Å². The normalized spacial score (nSPS) is 12.1. The number of hydrogen-bond donors (Lipinski definition) is 2. The molecule has 0 aliphatic carbocycles. The van der Waals surface area contributed by atoms with Crippen LogP contribution in [0.2, 0.25) is 0 Å². The molecule has 1 aromatic carbocycles. The van der Waals surface area contributed by atoms with Gasteiger partial charge in [-0.3, -0.25) is 9.59 Å². The van der Waals surface area contributed by atoms with Crippen LogP contribution in [0.5, 0.6) is 0 Å². The zero-order valence-corrected chi connectivity index (χ0v) is 7.68. The lowest BCUT2D eigenvalue weighted by Crippen LogP contribution is -2.15. The molecule has 0 aromatic heterocycles. The van der Waals surface area contributed by atoms with Crippen LogP contribution >= 0.6 is 0 Å². The number of halogens is 1. The average Bonchev–Trinajstić information content (AvgIpc) is 2.15. The molecule has 0 aliphatic rings. The van der Waals surface area contributed by atoms with E-state index >= 15 is 0 Å². The van der Waals surface area contributed by atoms with Gasteiger partial charge in [0.05, 0.1) is 12.3 Å². The lowest BCUT2D eigenvalue weighted by atomic mass is 9.96. The Kier molecular flexibility index (Phi) is 3.38. The Morgan fingerprint density at radius 2 is 1.73 bits per heavy atom. The van der Waals surface area contributed by atoms with Crippen molar-refractivity contribution in [3.63, 3.8) is 0 Å². The molecule has 0 saturated carbocycles. The van der Waals surface area contributed by atoms with Crippen molar-refractivity contribution in [2.24, 2.45) is 0 Å². The van der Waals surface area contributed by atoms with Crippen LogP contribution in [0.4, 0.5) is 4.39 Å². The van der Waals surface area contributed by atoms with Crippen LogP contribution in [0.1, 0.15) is 17.9 Å². The summed E-state index contributed by atoms with van der Waals surface area (Å²) < 4.78 is 12.5. The summed E-state index contributed by atoms with van der Waals surface area (Å²) in [5.41, 5.74) is 0.284. The van der Waals surface area contributed by atoms with Crippen molar-refractivity contribution in [2.75, 3.05) is 0 Å². The second-order valence-electron chi connectivity index (χ2n) is 3.04. The fourth-order valence-electron chi connectivity index (χ4n) is 1.22. The maximum Gasteiger partial charge on any atom is 0.311 e. The predicted octanol–water partition coefficient (Wildman–Crippen LogP) is 1.47. The molecule has 2 N–H and O–H groups in total. The fraction of sp³-hybridized carbons (Fsp3) is 0.200. The molecule has 0 heterocycles. The van der Waals surface area contributed by atoms with Gasteiger partial charge in [-0.05, 0) is 17.7 Å². The van der Waals surface area contributed by atoms with E-state index in [1.54, 1.807) is 0 Å². The van der Waals surface area contributed by atoms with Crippen LogP contribution in [0, 0.1) is 5.82 Å². The molecule has 0 fully saturated rings. The SMILES string of the molecule is O=C(O)CC(C(=O)O)c1ccc(F)cc1. The maximum absolute atomic E-state index is 12.5. The van der Waals surface area contributed by atoms with Gasteiger partial charge in [-0.2, -0.15) is 0 Å². The number of hydrogen-bond acceptors (Lipinski definition) is 2. The topological polar surface area (TPSA) is 74.6 Å². The Morgan fingerprint density at radius 1 is 1.20 bits per heavy atom. The molecule has 1 rings (SSSR count). The minimum Gasteiger partial charge on any atom is -0.481 e. The first-order valence-electron chi connectivity index (χ1n) is 4.20. The summed E-state index contributed by atoms with van der Waals surface area (Å²) in [7, 11) is 0. The summed E-state index contributed by atoms with van der Waals surface area (Å²) in [4.78, 5) is 21.2. The standard InChI is InChI=1S/C10H9FO4/c11-7-3-1-6(2-4-7)8(10(14)15)5-9(12)13/h1-4,8H,5H2,(H,12,13)(H,14,15). The van der Waals surface area contributed by atoms with Crippen molar-refractivity contribution >= 4 is 11.9 Å². The molecule has 4 nitrogen and oxygen atoms in total. The summed E-state index contributed by atoms with van der Waals surface area (Å²) in [5, 5.41) is 17.3. The van der Waals surface area contributed by atoms with Gasteiger partial charge in [0.15, 0.2) is 0 Å². The first-order valence-corrected chi connectivity index (χ1v) is 4.20. The third kappa shape index (κ3) is 3.05. The largest absolute Gasteiger partial charge is 0.481 e. The van der Waals surface area contributed by atoms with Crippen molar-refractivity contribution in [3.05, 3.63) is 35.6 Å². The van der Waals surface area contributed by atoms with E-state index in [0.29, 0.717) is 0 Å². The third-order valence-electron chi connectivity index (χ3n) is 1.95. The van der Waals surface area contributed by atoms with Gasteiger partial charge in [0.1, 0.15) is 5.82 Å². The Bertz CT molecular complexity index is 372. The van der Waals surface area contributed by atoms with Crippen molar-refractivity contribution in [3.8, 4) is 0 Å². The van der Waals surface area contributed by atoms with E-state index in [-0.39, 0.29) is 5.56 Å². The van der Waals surface area contributed by atoms with Crippen molar-refractivity contribution in [1.29, 1.82) is 0 Å². The third-order valence-corrected chi connectivity index (χ3v) is 1.95. The lowest BCUT2D eigenvalue weighted by Gasteiger charge is -2.09. The van der Waals surface area contributed by atoms with Gasteiger partial charge in [-0.15, -0.1) is 0 Å². The van der Waals surface area contributed by atoms with Crippen LogP contribution in [-0.2, 0) is 9.59 Å². The molecule has 80 valence electrons. The highest BCUT2D eigenvalue weighted by Gasteiger charge is 2.22. The van der Waals surface area contributed by atoms with E-state index in [4.69, 9.17) is 10.2 Å². The maximum atomic E-state index is 12.5. The Balaban J connectivity index is 2.94. The van der Waals surface area contributed by atoms with Crippen molar-refractivity contribution < 1.29 is 24.2 Å². The number of carboxylic acid groups (broad SMARTS) is 2. The number of carbonyl (C=O) groups is 2. The molecule has 0 saturated heterocycles. The minimum atomic E-state index is -1.23. The van der Waals surface area contributed by atoms with Crippen molar-refractivity contribution in [2.45, 2.75) is 12.3 Å². The molecule has 15 heavy (non-hydrogen) atoms. The molecular weight excluding hydrogens is 203 g/mol.